The van der Waals surface area contributed by atoms with Crippen molar-refractivity contribution < 1.29 is 9.21 Å². The van der Waals surface area contributed by atoms with Crippen LogP contribution in [0.4, 0.5) is 0 Å². The van der Waals surface area contributed by atoms with Gasteiger partial charge in [-0.25, -0.2) is 0 Å². The predicted octanol–water partition coefficient (Wildman–Crippen LogP) is 1.89. The summed E-state index contributed by atoms with van der Waals surface area (Å²) in [6, 6.07) is 1.65. The normalized spacial score (nSPS) is 18.5. The zero-order chi connectivity index (χ0) is 9.42. The fourth-order valence-corrected chi connectivity index (χ4v) is 1.69. The van der Waals surface area contributed by atoms with Crippen molar-refractivity contribution in [2.75, 3.05) is 0 Å². The molecule has 1 amide bonds. The zero-order valence-electron chi connectivity index (χ0n) is 7.62. The van der Waals surface area contributed by atoms with E-state index in [1.165, 1.54) is 19.1 Å². The van der Waals surface area contributed by atoms with E-state index in [0.29, 0.717) is 17.4 Å². The summed E-state index contributed by atoms with van der Waals surface area (Å²) in [6.45, 7) is 2.09. The number of primary amides is 1. The molecule has 1 aromatic heterocycles. The van der Waals surface area contributed by atoms with Gasteiger partial charge in [-0.3, -0.25) is 4.79 Å². The Bertz CT molecular complexity index is 325. The molecule has 3 nitrogen and oxygen atoms in total. The van der Waals surface area contributed by atoms with E-state index in [-0.39, 0.29) is 0 Å². The van der Waals surface area contributed by atoms with Crippen LogP contribution in [0.5, 0.6) is 0 Å². The molecule has 1 atom stereocenters. The van der Waals surface area contributed by atoms with E-state index in [0.717, 1.165) is 5.76 Å². The highest BCUT2D eigenvalue weighted by atomic mass is 16.3. The molecule has 0 aliphatic heterocycles. The third-order valence-electron chi connectivity index (χ3n) is 2.70. The van der Waals surface area contributed by atoms with E-state index in [1.807, 2.05) is 0 Å². The second kappa shape index (κ2) is 2.91. The molecule has 0 radical (unpaired) electrons. The van der Waals surface area contributed by atoms with Crippen LogP contribution in [-0.2, 0) is 0 Å². The maximum Gasteiger partial charge on any atom is 0.252 e. The first-order chi connectivity index (χ1) is 6.20. The minimum absolute atomic E-state index is 0.331. The van der Waals surface area contributed by atoms with Gasteiger partial charge in [0.25, 0.3) is 5.91 Å². The molecule has 1 aromatic rings. The summed E-state index contributed by atoms with van der Waals surface area (Å²) < 4.78 is 5.29. The molecule has 1 aliphatic rings. The van der Waals surface area contributed by atoms with Crippen molar-refractivity contribution in [2.24, 2.45) is 11.7 Å². The minimum Gasteiger partial charge on any atom is -0.468 e. The molecule has 2 rings (SSSR count). The van der Waals surface area contributed by atoms with Crippen molar-refractivity contribution in [3.63, 3.8) is 0 Å². The fourth-order valence-electron chi connectivity index (χ4n) is 1.69. The Kier molecular flexibility index (Phi) is 1.87. The molecule has 1 fully saturated rings. The first-order valence-corrected chi connectivity index (χ1v) is 4.57. The molecule has 0 aromatic carbocycles. The molecule has 0 saturated heterocycles. The number of amides is 1. The first-order valence-electron chi connectivity index (χ1n) is 4.57. The van der Waals surface area contributed by atoms with E-state index in [2.05, 4.69) is 6.92 Å². The van der Waals surface area contributed by atoms with Crippen LogP contribution in [0.1, 0.15) is 41.8 Å². The van der Waals surface area contributed by atoms with Crippen LogP contribution in [0.3, 0.4) is 0 Å². The van der Waals surface area contributed by atoms with Crippen molar-refractivity contribution >= 4 is 5.91 Å². The average Bonchev–Trinajstić information content (AvgIpc) is 2.80. The Labute approximate surface area is 76.9 Å². The summed E-state index contributed by atoms with van der Waals surface area (Å²) in [5.74, 6) is 1.38. The van der Waals surface area contributed by atoms with Gasteiger partial charge in [0.15, 0.2) is 0 Å². The SMILES string of the molecule is CC(c1occc1C(N)=O)C1CC1. The summed E-state index contributed by atoms with van der Waals surface area (Å²) in [5.41, 5.74) is 5.76. The number of rotatable bonds is 3. The van der Waals surface area contributed by atoms with Crippen molar-refractivity contribution in [1.82, 2.24) is 0 Å². The molecule has 3 heteroatoms. The molecule has 0 bridgehead atoms. The molecule has 1 unspecified atom stereocenters. The molecular weight excluding hydrogens is 166 g/mol. The number of nitrogens with two attached hydrogens (primary N) is 1. The Balaban J connectivity index is 2.27. The second-order valence-corrected chi connectivity index (χ2v) is 3.69. The number of furan rings is 1. The quantitative estimate of drug-likeness (QED) is 0.770. The number of carbonyl (C=O) groups excluding carboxylic acids is 1. The lowest BCUT2D eigenvalue weighted by Gasteiger charge is -2.07. The third kappa shape index (κ3) is 1.46. The van der Waals surface area contributed by atoms with E-state index in [9.17, 15) is 4.79 Å². The maximum absolute atomic E-state index is 11.0. The molecule has 1 heterocycles. The van der Waals surface area contributed by atoms with Crippen LogP contribution in [0.25, 0.3) is 0 Å². The second-order valence-electron chi connectivity index (χ2n) is 3.69. The van der Waals surface area contributed by atoms with Crippen LogP contribution in [0.2, 0.25) is 0 Å². The Hall–Kier alpha value is -1.25. The van der Waals surface area contributed by atoms with E-state index in [4.69, 9.17) is 10.2 Å². The summed E-state index contributed by atoms with van der Waals surface area (Å²) in [4.78, 5) is 11.0. The largest absolute Gasteiger partial charge is 0.468 e. The van der Waals surface area contributed by atoms with Gasteiger partial charge in [0, 0.05) is 5.92 Å². The molecule has 1 aliphatic carbocycles. The Morgan fingerprint density at radius 1 is 1.69 bits per heavy atom. The van der Waals surface area contributed by atoms with Crippen LogP contribution >= 0.6 is 0 Å². The van der Waals surface area contributed by atoms with E-state index < -0.39 is 5.91 Å². The van der Waals surface area contributed by atoms with Crippen LogP contribution in [0, 0.1) is 5.92 Å². The van der Waals surface area contributed by atoms with Crippen molar-refractivity contribution in [3.05, 3.63) is 23.7 Å². The first kappa shape index (κ1) is 8.35. The Morgan fingerprint density at radius 2 is 2.38 bits per heavy atom. The van der Waals surface area contributed by atoms with Crippen LogP contribution in [0.15, 0.2) is 16.7 Å². The highest BCUT2D eigenvalue weighted by molar-refractivity contribution is 5.93. The number of carbonyl (C=O) groups is 1. The molecule has 70 valence electrons. The highest BCUT2D eigenvalue weighted by Crippen LogP contribution is 2.43. The minimum atomic E-state index is -0.392. The molecule has 13 heavy (non-hydrogen) atoms. The van der Waals surface area contributed by atoms with Gasteiger partial charge in [-0.1, -0.05) is 6.92 Å². The van der Waals surface area contributed by atoms with Gasteiger partial charge in [-0.2, -0.15) is 0 Å². The van der Waals surface area contributed by atoms with Gasteiger partial charge in [0.1, 0.15) is 5.76 Å². The summed E-state index contributed by atoms with van der Waals surface area (Å²) >= 11 is 0. The molecule has 0 spiro atoms. The number of hydrogen-bond acceptors (Lipinski definition) is 2. The maximum atomic E-state index is 11.0. The lowest BCUT2D eigenvalue weighted by molar-refractivity contribution is 0.0997. The van der Waals surface area contributed by atoms with Gasteiger partial charge in [-0.15, -0.1) is 0 Å². The smallest absolute Gasteiger partial charge is 0.252 e. The predicted molar refractivity (Wildman–Crippen MR) is 48.4 cm³/mol. The molecule has 2 N–H and O–H groups in total. The summed E-state index contributed by atoms with van der Waals surface area (Å²) in [6.07, 6.45) is 4.01. The summed E-state index contributed by atoms with van der Waals surface area (Å²) in [7, 11) is 0. The highest BCUT2D eigenvalue weighted by Gasteiger charge is 2.32. The molecule has 1 saturated carbocycles. The zero-order valence-corrected chi connectivity index (χ0v) is 7.62. The van der Waals surface area contributed by atoms with Crippen molar-refractivity contribution in [3.8, 4) is 0 Å². The van der Waals surface area contributed by atoms with Crippen molar-refractivity contribution in [1.29, 1.82) is 0 Å². The summed E-state index contributed by atoms with van der Waals surface area (Å²) in [5, 5.41) is 0. The monoisotopic (exact) mass is 179 g/mol. The van der Waals surface area contributed by atoms with Gasteiger partial charge in [-0.05, 0) is 24.8 Å². The van der Waals surface area contributed by atoms with Gasteiger partial charge in [0.2, 0.25) is 0 Å². The fraction of sp³-hybridized carbons (Fsp3) is 0.500. The van der Waals surface area contributed by atoms with Gasteiger partial charge < -0.3 is 10.2 Å². The van der Waals surface area contributed by atoms with E-state index >= 15 is 0 Å². The van der Waals surface area contributed by atoms with Crippen LogP contribution < -0.4 is 5.73 Å². The number of hydrogen-bond donors (Lipinski definition) is 1. The average molecular weight is 179 g/mol. The van der Waals surface area contributed by atoms with E-state index in [1.54, 1.807) is 6.07 Å². The third-order valence-corrected chi connectivity index (χ3v) is 2.70. The van der Waals surface area contributed by atoms with Crippen molar-refractivity contribution in [2.45, 2.75) is 25.7 Å². The standard InChI is InChI=1S/C10H13NO2/c1-6(7-2-3-7)9-8(10(11)12)4-5-13-9/h4-7H,2-3H2,1H3,(H2,11,12). The van der Waals surface area contributed by atoms with Gasteiger partial charge >= 0.3 is 0 Å². The van der Waals surface area contributed by atoms with Crippen LogP contribution in [-0.4, -0.2) is 5.91 Å². The molecular formula is C10H13NO2. The lowest BCUT2D eigenvalue weighted by Crippen LogP contribution is -2.13. The topological polar surface area (TPSA) is 56.2 Å². The van der Waals surface area contributed by atoms with Gasteiger partial charge in [0.05, 0.1) is 11.8 Å². The Morgan fingerprint density at radius 3 is 2.92 bits per heavy atom. The lowest BCUT2D eigenvalue weighted by atomic mass is 10.00.